The Labute approximate surface area is 155 Å². The van der Waals surface area contributed by atoms with E-state index in [4.69, 9.17) is 4.74 Å². The number of likely N-dealkylation sites (tertiary alicyclic amines) is 1. The molecule has 0 radical (unpaired) electrons. The molecule has 2 N–H and O–H groups in total. The molecule has 1 aliphatic heterocycles. The molecule has 0 bridgehead atoms. The minimum absolute atomic E-state index is 0.290. The van der Waals surface area contributed by atoms with Crippen LogP contribution in [0.25, 0.3) is 0 Å². The summed E-state index contributed by atoms with van der Waals surface area (Å²) in [4.78, 5) is 25.8. The Balaban J connectivity index is 1.80. The van der Waals surface area contributed by atoms with E-state index in [0.717, 1.165) is 32.5 Å². The Morgan fingerprint density at radius 1 is 1.23 bits per heavy atom. The molecular formula is C20H30N2O4. The van der Waals surface area contributed by atoms with Gasteiger partial charge in [-0.25, -0.2) is 9.59 Å². The fourth-order valence-corrected chi connectivity index (χ4v) is 3.23. The van der Waals surface area contributed by atoms with Gasteiger partial charge in [0.25, 0.3) is 0 Å². The summed E-state index contributed by atoms with van der Waals surface area (Å²) in [5.74, 6) is -0.722. The monoisotopic (exact) mass is 362 g/mol. The Morgan fingerprint density at radius 3 is 2.38 bits per heavy atom. The van der Waals surface area contributed by atoms with Crippen molar-refractivity contribution >= 4 is 12.1 Å². The average molecular weight is 362 g/mol. The van der Waals surface area contributed by atoms with Crippen molar-refractivity contribution in [2.45, 2.75) is 58.2 Å². The fraction of sp³-hybridized carbons (Fsp3) is 0.600. The topological polar surface area (TPSA) is 78.9 Å². The van der Waals surface area contributed by atoms with E-state index in [1.165, 1.54) is 5.56 Å². The molecule has 26 heavy (non-hydrogen) atoms. The lowest BCUT2D eigenvalue weighted by Crippen LogP contribution is -2.45. The van der Waals surface area contributed by atoms with Gasteiger partial charge < -0.3 is 15.2 Å². The lowest BCUT2D eigenvalue weighted by Gasteiger charge is -2.33. The van der Waals surface area contributed by atoms with Gasteiger partial charge in [-0.05, 0) is 64.6 Å². The second-order valence-electron chi connectivity index (χ2n) is 7.98. The number of carboxylic acids is 1. The third kappa shape index (κ3) is 7.04. The van der Waals surface area contributed by atoms with E-state index in [9.17, 15) is 14.7 Å². The summed E-state index contributed by atoms with van der Waals surface area (Å²) < 4.78 is 5.17. The zero-order valence-electron chi connectivity index (χ0n) is 15.9. The first-order valence-electron chi connectivity index (χ1n) is 9.21. The van der Waals surface area contributed by atoms with E-state index in [1.54, 1.807) is 20.8 Å². The number of piperidine rings is 1. The van der Waals surface area contributed by atoms with Gasteiger partial charge in [-0.1, -0.05) is 30.3 Å². The maximum atomic E-state index is 11.9. The maximum absolute atomic E-state index is 11.9. The largest absolute Gasteiger partial charge is 0.480 e. The van der Waals surface area contributed by atoms with Crippen molar-refractivity contribution in [2.24, 2.45) is 5.92 Å². The summed E-state index contributed by atoms with van der Waals surface area (Å²) in [7, 11) is 0. The van der Waals surface area contributed by atoms with Gasteiger partial charge in [-0.15, -0.1) is 0 Å². The third-order valence-electron chi connectivity index (χ3n) is 4.51. The van der Waals surface area contributed by atoms with Gasteiger partial charge in [0, 0.05) is 6.54 Å². The number of ether oxygens (including phenoxy) is 1. The average Bonchev–Trinajstić information content (AvgIpc) is 2.55. The van der Waals surface area contributed by atoms with Crippen molar-refractivity contribution in [3.8, 4) is 0 Å². The lowest BCUT2D eigenvalue weighted by molar-refractivity contribution is -0.140. The number of rotatable bonds is 6. The Kier molecular flexibility index (Phi) is 7.03. The Morgan fingerprint density at radius 2 is 1.85 bits per heavy atom. The molecule has 1 aromatic carbocycles. The quantitative estimate of drug-likeness (QED) is 0.812. The predicted molar refractivity (Wildman–Crippen MR) is 99.9 cm³/mol. The summed E-state index contributed by atoms with van der Waals surface area (Å²) in [6.45, 7) is 8.07. The van der Waals surface area contributed by atoms with Crippen LogP contribution in [0.5, 0.6) is 0 Å². The van der Waals surface area contributed by atoms with Crippen molar-refractivity contribution in [2.75, 3.05) is 13.1 Å². The number of carboxylic acid groups (broad SMARTS) is 1. The van der Waals surface area contributed by atoms with Gasteiger partial charge in [-0.2, -0.15) is 0 Å². The highest BCUT2D eigenvalue weighted by Gasteiger charge is 2.28. The van der Waals surface area contributed by atoms with Crippen LogP contribution in [-0.2, 0) is 16.1 Å². The summed E-state index contributed by atoms with van der Waals surface area (Å²) in [6.07, 6.45) is 1.64. The molecule has 1 amide bonds. The number of alkyl carbamates (subject to hydrolysis) is 1. The van der Waals surface area contributed by atoms with E-state index in [1.807, 2.05) is 18.2 Å². The molecule has 0 aliphatic carbocycles. The van der Waals surface area contributed by atoms with Gasteiger partial charge >= 0.3 is 12.1 Å². The molecular weight excluding hydrogens is 332 g/mol. The highest BCUT2D eigenvalue weighted by Crippen LogP contribution is 2.23. The molecule has 1 heterocycles. The van der Waals surface area contributed by atoms with E-state index in [-0.39, 0.29) is 5.92 Å². The predicted octanol–water partition coefficient (Wildman–Crippen LogP) is 3.27. The number of nitrogens with zero attached hydrogens (tertiary/aromatic N) is 1. The van der Waals surface area contributed by atoms with Crippen molar-refractivity contribution in [1.82, 2.24) is 10.2 Å². The van der Waals surface area contributed by atoms with Crippen molar-refractivity contribution < 1.29 is 19.4 Å². The summed E-state index contributed by atoms with van der Waals surface area (Å²) in [5, 5.41) is 11.9. The molecule has 1 aliphatic rings. The van der Waals surface area contributed by atoms with E-state index in [0.29, 0.717) is 6.42 Å². The van der Waals surface area contributed by atoms with Crippen LogP contribution in [0.3, 0.4) is 0 Å². The van der Waals surface area contributed by atoms with E-state index in [2.05, 4.69) is 22.3 Å². The number of aliphatic carboxylic acids is 1. The normalized spacial score (nSPS) is 17.5. The molecule has 0 aromatic heterocycles. The third-order valence-corrected chi connectivity index (χ3v) is 4.51. The molecule has 1 aromatic rings. The highest BCUT2D eigenvalue weighted by molar-refractivity contribution is 5.80. The molecule has 2 rings (SSSR count). The van der Waals surface area contributed by atoms with Gasteiger partial charge in [0.15, 0.2) is 0 Å². The first kappa shape index (κ1) is 20.2. The molecule has 0 unspecified atom stereocenters. The van der Waals surface area contributed by atoms with Crippen molar-refractivity contribution in [3.63, 3.8) is 0 Å². The molecule has 6 heteroatoms. The van der Waals surface area contributed by atoms with Crippen LogP contribution in [-0.4, -0.2) is 46.8 Å². The highest BCUT2D eigenvalue weighted by atomic mass is 16.6. The SMILES string of the molecule is CC(C)(C)OC(=O)N[C@@H](CC1CCN(Cc2ccccc2)CC1)C(=O)O. The number of carbonyl (C=O) groups excluding carboxylic acids is 1. The minimum atomic E-state index is -1.01. The Bertz CT molecular complexity index is 590. The van der Waals surface area contributed by atoms with E-state index < -0.39 is 23.7 Å². The summed E-state index contributed by atoms with van der Waals surface area (Å²) in [6, 6.07) is 9.44. The second-order valence-corrected chi connectivity index (χ2v) is 7.98. The Hall–Kier alpha value is -2.08. The number of hydrogen-bond acceptors (Lipinski definition) is 4. The zero-order valence-corrected chi connectivity index (χ0v) is 15.9. The van der Waals surface area contributed by atoms with Gasteiger partial charge in [0.2, 0.25) is 0 Å². The molecule has 6 nitrogen and oxygen atoms in total. The van der Waals surface area contributed by atoms with Crippen LogP contribution in [0.4, 0.5) is 4.79 Å². The molecule has 1 saturated heterocycles. The molecule has 1 atom stereocenters. The molecule has 0 saturated carbocycles. The molecule has 144 valence electrons. The minimum Gasteiger partial charge on any atom is -0.480 e. The summed E-state index contributed by atoms with van der Waals surface area (Å²) >= 11 is 0. The number of hydrogen-bond donors (Lipinski definition) is 2. The standard InChI is InChI=1S/C20H30N2O4/c1-20(2,3)26-19(25)21-17(18(23)24)13-15-9-11-22(12-10-15)14-16-7-5-4-6-8-16/h4-8,15,17H,9-14H2,1-3H3,(H,21,25)(H,23,24)/t17-/m0/s1. The van der Waals surface area contributed by atoms with Crippen LogP contribution in [0, 0.1) is 5.92 Å². The summed E-state index contributed by atoms with van der Waals surface area (Å²) in [5.41, 5.74) is 0.650. The smallest absolute Gasteiger partial charge is 0.408 e. The van der Waals surface area contributed by atoms with Crippen LogP contribution >= 0.6 is 0 Å². The second kappa shape index (κ2) is 9.03. The van der Waals surface area contributed by atoms with Crippen molar-refractivity contribution in [3.05, 3.63) is 35.9 Å². The number of nitrogens with one attached hydrogen (secondary N) is 1. The van der Waals surface area contributed by atoms with Crippen molar-refractivity contribution in [1.29, 1.82) is 0 Å². The van der Waals surface area contributed by atoms with Crippen LogP contribution < -0.4 is 5.32 Å². The first-order chi connectivity index (χ1) is 12.2. The zero-order chi connectivity index (χ0) is 19.2. The lowest BCUT2D eigenvalue weighted by atomic mass is 9.90. The molecule has 1 fully saturated rings. The number of benzene rings is 1. The van der Waals surface area contributed by atoms with Crippen LogP contribution in [0.1, 0.15) is 45.6 Å². The first-order valence-corrected chi connectivity index (χ1v) is 9.21. The van der Waals surface area contributed by atoms with Gasteiger partial charge in [-0.3, -0.25) is 4.90 Å². The van der Waals surface area contributed by atoms with Gasteiger partial charge in [0.05, 0.1) is 0 Å². The maximum Gasteiger partial charge on any atom is 0.408 e. The number of amides is 1. The van der Waals surface area contributed by atoms with E-state index >= 15 is 0 Å². The van der Waals surface area contributed by atoms with Crippen LogP contribution in [0.15, 0.2) is 30.3 Å². The molecule has 0 spiro atoms. The van der Waals surface area contributed by atoms with Gasteiger partial charge in [0.1, 0.15) is 11.6 Å². The van der Waals surface area contributed by atoms with Crippen LogP contribution in [0.2, 0.25) is 0 Å². The number of carbonyl (C=O) groups is 2. The fourth-order valence-electron chi connectivity index (χ4n) is 3.23.